The van der Waals surface area contributed by atoms with Gasteiger partial charge < -0.3 is 5.32 Å². The summed E-state index contributed by atoms with van der Waals surface area (Å²) in [7, 11) is 0. The van der Waals surface area contributed by atoms with Crippen molar-refractivity contribution in [3.63, 3.8) is 0 Å². The van der Waals surface area contributed by atoms with Crippen molar-refractivity contribution in [1.29, 1.82) is 0 Å². The molecule has 0 spiro atoms. The Hall–Kier alpha value is -1.19. The zero-order valence-corrected chi connectivity index (χ0v) is 14.0. The molecule has 4 atom stereocenters. The summed E-state index contributed by atoms with van der Waals surface area (Å²) in [5.41, 5.74) is 1.34. The van der Waals surface area contributed by atoms with Crippen LogP contribution in [0.1, 0.15) is 31.2 Å². The van der Waals surface area contributed by atoms with Gasteiger partial charge in [-0.1, -0.05) is 18.2 Å². The molecule has 1 aromatic heterocycles. The molecular formula is C20H29N3. The molecule has 1 saturated carbocycles. The predicted molar refractivity (Wildman–Crippen MR) is 94.0 cm³/mol. The fourth-order valence-corrected chi connectivity index (χ4v) is 4.81. The lowest BCUT2D eigenvalue weighted by molar-refractivity contribution is 0.164. The van der Waals surface area contributed by atoms with Crippen molar-refractivity contribution in [2.45, 2.75) is 32.2 Å². The number of fused-ring (bicyclic) bond motifs is 2. The third-order valence-corrected chi connectivity index (χ3v) is 5.99. The SMILES string of the molecule is C1=C[C@H]2C[C@H]1C[C@H]2CNC[C@H]1CCCN(Cc2cccnc2)C1. The molecule has 2 bridgehead atoms. The van der Waals surface area contributed by atoms with Crippen molar-refractivity contribution >= 4 is 0 Å². The van der Waals surface area contributed by atoms with Crippen molar-refractivity contribution in [1.82, 2.24) is 15.2 Å². The first-order valence-electron chi connectivity index (χ1n) is 9.37. The van der Waals surface area contributed by atoms with Crippen LogP contribution in [0.4, 0.5) is 0 Å². The van der Waals surface area contributed by atoms with E-state index in [0.29, 0.717) is 0 Å². The van der Waals surface area contributed by atoms with E-state index >= 15 is 0 Å². The maximum absolute atomic E-state index is 4.24. The van der Waals surface area contributed by atoms with Crippen molar-refractivity contribution in [3.8, 4) is 0 Å². The van der Waals surface area contributed by atoms with Crippen LogP contribution in [0.5, 0.6) is 0 Å². The molecule has 4 rings (SSSR count). The highest BCUT2D eigenvalue weighted by Crippen LogP contribution is 2.42. The van der Waals surface area contributed by atoms with Gasteiger partial charge in [0.05, 0.1) is 0 Å². The number of rotatable bonds is 6. The molecule has 3 heteroatoms. The van der Waals surface area contributed by atoms with E-state index in [4.69, 9.17) is 0 Å². The van der Waals surface area contributed by atoms with Gasteiger partial charge in [-0.25, -0.2) is 0 Å². The minimum absolute atomic E-state index is 0.814. The van der Waals surface area contributed by atoms with Crippen LogP contribution in [0, 0.1) is 23.7 Å². The summed E-state index contributed by atoms with van der Waals surface area (Å²) in [5, 5.41) is 3.79. The molecule has 3 aliphatic rings. The van der Waals surface area contributed by atoms with E-state index in [1.807, 2.05) is 18.5 Å². The maximum Gasteiger partial charge on any atom is 0.0312 e. The Balaban J connectivity index is 1.20. The minimum Gasteiger partial charge on any atom is -0.316 e. The monoisotopic (exact) mass is 311 g/mol. The van der Waals surface area contributed by atoms with Gasteiger partial charge in [0.15, 0.2) is 0 Å². The molecule has 2 aliphatic carbocycles. The molecule has 1 saturated heterocycles. The molecule has 1 aromatic rings. The summed E-state index contributed by atoms with van der Waals surface area (Å²) in [6, 6.07) is 4.24. The molecule has 0 radical (unpaired) electrons. The molecule has 1 N–H and O–H groups in total. The first kappa shape index (κ1) is 15.3. The Morgan fingerprint density at radius 2 is 2.22 bits per heavy atom. The predicted octanol–water partition coefficient (Wildman–Crippen LogP) is 3.10. The van der Waals surface area contributed by atoms with Crippen LogP contribution in [0.2, 0.25) is 0 Å². The fourth-order valence-electron chi connectivity index (χ4n) is 4.81. The van der Waals surface area contributed by atoms with E-state index in [-0.39, 0.29) is 0 Å². The number of nitrogens with zero attached hydrogens (tertiary/aromatic N) is 2. The van der Waals surface area contributed by atoms with Gasteiger partial charge in [0.1, 0.15) is 0 Å². The number of likely N-dealkylation sites (tertiary alicyclic amines) is 1. The van der Waals surface area contributed by atoms with Crippen LogP contribution in [-0.4, -0.2) is 36.1 Å². The quantitative estimate of drug-likeness (QED) is 0.818. The number of allylic oxidation sites excluding steroid dienone is 2. The zero-order valence-electron chi connectivity index (χ0n) is 14.0. The molecule has 0 unspecified atom stereocenters. The number of hydrogen-bond donors (Lipinski definition) is 1. The smallest absolute Gasteiger partial charge is 0.0312 e. The third-order valence-electron chi connectivity index (χ3n) is 5.99. The Kier molecular flexibility index (Phi) is 4.77. The second-order valence-corrected chi connectivity index (χ2v) is 7.80. The highest BCUT2D eigenvalue weighted by atomic mass is 15.1. The van der Waals surface area contributed by atoms with Crippen LogP contribution in [0.25, 0.3) is 0 Å². The first-order valence-corrected chi connectivity index (χ1v) is 9.37. The van der Waals surface area contributed by atoms with E-state index in [9.17, 15) is 0 Å². The molecule has 0 amide bonds. The standard InChI is InChI=1S/C20H29N3/c1-3-17(11-21-7-1)14-23-8-2-4-18(15-23)12-22-13-20-10-16-5-6-19(20)9-16/h1,3,5-7,11,16,18-20,22H,2,4,8-10,12-15H2/t16-,18+,19-,20-/m0/s1. The number of piperidine rings is 1. The van der Waals surface area contributed by atoms with Crippen LogP contribution in [0.15, 0.2) is 36.7 Å². The van der Waals surface area contributed by atoms with Crippen LogP contribution >= 0.6 is 0 Å². The molecule has 23 heavy (non-hydrogen) atoms. The maximum atomic E-state index is 4.24. The van der Waals surface area contributed by atoms with Gasteiger partial charge >= 0.3 is 0 Å². The van der Waals surface area contributed by atoms with Crippen molar-refractivity contribution < 1.29 is 0 Å². The van der Waals surface area contributed by atoms with E-state index < -0.39 is 0 Å². The van der Waals surface area contributed by atoms with E-state index in [1.54, 1.807) is 0 Å². The van der Waals surface area contributed by atoms with Crippen molar-refractivity contribution in [2.24, 2.45) is 23.7 Å². The Morgan fingerprint density at radius 3 is 3.00 bits per heavy atom. The molecule has 1 aliphatic heterocycles. The number of aromatic nitrogens is 1. The lowest BCUT2D eigenvalue weighted by Crippen LogP contribution is -2.40. The van der Waals surface area contributed by atoms with Gasteiger partial charge in [-0.05, 0) is 80.6 Å². The van der Waals surface area contributed by atoms with Crippen molar-refractivity contribution in [3.05, 3.63) is 42.2 Å². The number of hydrogen-bond acceptors (Lipinski definition) is 3. The van der Waals surface area contributed by atoms with E-state index in [2.05, 4.69) is 33.4 Å². The minimum atomic E-state index is 0.814. The molecule has 2 heterocycles. The summed E-state index contributed by atoms with van der Waals surface area (Å²) in [6.07, 6.45) is 14.3. The number of pyridine rings is 1. The second kappa shape index (κ2) is 7.14. The molecule has 124 valence electrons. The van der Waals surface area contributed by atoms with Gasteiger partial charge in [-0.3, -0.25) is 9.88 Å². The largest absolute Gasteiger partial charge is 0.316 e. The van der Waals surface area contributed by atoms with Gasteiger partial charge in [0.25, 0.3) is 0 Å². The average molecular weight is 311 g/mol. The summed E-state index contributed by atoms with van der Waals surface area (Å²) in [4.78, 5) is 6.84. The molecule has 3 nitrogen and oxygen atoms in total. The Labute approximate surface area is 140 Å². The lowest BCUT2D eigenvalue weighted by Gasteiger charge is -2.33. The lowest BCUT2D eigenvalue weighted by atomic mass is 9.93. The summed E-state index contributed by atoms with van der Waals surface area (Å²) < 4.78 is 0. The van der Waals surface area contributed by atoms with Gasteiger partial charge in [-0.15, -0.1) is 0 Å². The van der Waals surface area contributed by atoms with E-state index in [1.165, 1.54) is 57.4 Å². The van der Waals surface area contributed by atoms with Crippen molar-refractivity contribution in [2.75, 3.05) is 26.2 Å². The van der Waals surface area contributed by atoms with Gasteiger partial charge in [0, 0.05) is 25.5 Å². The summed E-state index contributed by atoms with van der Waals surface area (Å²) in [6.45, 7) is 5.95. The Morgan fingerprint density at radius 1 is 1.22 bits per heavy atom. The topological polar surface area (TPSA) is 28.2 Å². The summed E-state index contributed by atoms with van der Waals surface area (Å²) in [5.74, 6) is 3.49. The fraction of sp³-hybridized carbons (Fsp3) is 0.650. The second-order valence-electron chi connectivity index (χ2n) is 7.80. The molecule has 2 fully saturated rings. The molecular weight excluding hydrogens is 282 g/mol. The first-order chi connectivity index (χ1) is 11.4. The van der Waals surface area contributed by atoms with Crippen LogP contribution < -0.4 is 5.32 Å². The summed E-state index contributed by atoms with van der Waals surface area (Å²) >= 11 is 0. The molecule has 0 aromatic carbocycles. The average Bonchev–Trinajstić information content (AvgIpc) is 3.19. The van der Waals surface area contributed by atoms with Gasteiger partial charge in [0.2, 0.25) is 0 Å². The normalized spacial score (nSPS) is 33.4. The zero-order chi connectivity index (χ0) is 15.5. The van der Waals surface area contributed by atoms with E-state index in [0.717, 1.165) is 30.2 Å². The van der Waals surface area contributed by atoms with Crippen LogP contribution in [0.3, 0.4) is 0 Å². The Bertz CT molecular complexity index is 527. The van der Waals surface area contributed by atoms with Crippen LogP contribution in [-0.2, 0) is 6.54 Å². The number of nitrogens with one attached hydrogen (secondary N) is 1. The third kappa shape index (κ3) is 3.84. The van der Waals surface area contributed by atoms with Gasteiger partial charge in [-0.2, -0.15) is 0 Å². The highest BCUT2D eigenvalue weighted by molar-refractivity contribution is 5.10. The highest BCUT2D eigenvalue weighted by Gasteiger charge is 2.35.